The van der Waals surface area contributed by atoms with Crippen LogP contribution in [0.5, 0.6) is 5.88 Å². The molecule has 1 N–H and O–H groups in total. The molecule has 2 aliphatic heterocycles. The van der Waals surface area contributed by atoms with E-state index >= 15 is 0 Å². The number of hydrogen-bond donors (Lipinski definition) is 1. The Labute approximate surface area is 106 Å². The van der Waals surface area contributed by atoms with Crippen LogP contribution in [0.1, 0.15) is 6.42 Å². The summed E-state index contributed by atoms with van der Waals surface area (Å²) in [6, 6.07) is 0. The summed E-state index contributed by atoms with van der Waals surface area (Å²) in [5.74, 6) is 1.49. The number of nitrogens with zero attached hydrogens (tertiary/aromatic N) is 3. The first kappa shape index (κ1) is 11.7. The van der Waals surface area contributed by atoms with E-state index < -0.39 is 0 Å². The maximum absolute atomic E-state index is 5.94. The third-order valence-electron chi connectivity index (χ3n) is 3.25. The van der Waals surface area contributed by atoms with Crippen LogP contribution >= 0.6 is 0 Å². The van der Waals surface area contributed by atoms with Gasteiger partial charge in [-0.2, -0.15) is 0 Å². The second kappa shape index (κ2) is 5.49. The Bertz CT molecular complexity index is 389. The van der Waals surface area contributed by atoms with E-state index in [0.29, 0.717) is 5.88 Å². The van der Waals surface area contributed by atoms with Gasteiger partial charge in [0.2, 0.25) is 0 Å². The predicted molar refractivity (Wildman–Crippen MR) is 67.0 cm³/mol. The molecule has 1 aromatic heterocycles. The van der Waals surface area contributed by atoms with Gasteiger partial charge in [0.05, 0.1) is 13.2 Å². The van der Waals surface area contributed by atoms with Crippen molar-refractivity contribution < 1.29 is 9.47 Å². The van der Waals surface area contributed by atoms with E-state index in [1.165, 1.54) is 0 Å². The van der Waals surface area contributed by atoms with Crippen molar-refractivity contribution in [3.63, 3.8) is 0 Å². The summed E-state index contributed by atoms with van der Waals surface area (Å²) in [6.45, 7) is 5.06. The molecule has 6 nitrogen and oxygen atoms in total. The molecular formula is C12H18N4O2. The minimum atomic E-state index is 0.210. The SMILES string of the molecule is c1cnc(N2CCOCC2)c(OC2CCNC2)n1. The third kappa shape index (κ3) is 2.54. The highest BCUT2D eigenvalue weighted by molar-refractivity contribution is 5.48. The number of rotatable bonds is 3. The number of anilines is 1. The molecule has 0 amide bonds. The lowest BCUT2D eigenvalue weighted by Gasteiger charge is -2.28. The fourth-order valence-corrected chi connectivity index (χ4v) is 2.28. The first-order valence-electron chi connectivity index (χ1n) is 6.44. The zero-order valence-electron chi connectivity index (χ0n) is 10.3. The summed E-state index contributed by atoms with van der Waals surface area (Å²) in [4.78, 5) is 10.9. The van der Waals surface area contributed by atoms with E-state index in [1.54, 1.807) is 12.4 Å². The second-order valence-electron chi connectivity index (χ2n) is 4.52. The Morgan fingerprint density at radius 3 is 2.89 bits per heavy atom. The molecule has 2 fully saturated rings. The molecule has 0 spiro atoms. The molecule has 1 aromatic rings. The molecule has 6 heteroatoms. The van der Waals surface area contributed by atoms with Gasteiger partial charge in [-0.3, -0.25) is 0 Å². The topological polar surface area (TPSA) is 59.5 Å². The summed E-state index contributed by atoms with van der Waals surface area (Å²) < 4.78 is 11.3. The molecule has 0 saturated carbocycles. The Hall–Kier alpha value is -1.40. The number of morpholine rings is 1. The fourth-order valence-electron chi connectivity index (χ4n) is 2.28. The fraction of sp³-hybridized carbons (Fsp3) is 0.667. The second-order valence-corrected chi connectivity index (χ2v) is 4.52. The maximum Gasteiger partial charge on any atom is 0.257 e. The molecule has 18 heavy (non-hydrogen) atoms. The van der Waals surface area contributed by atoms with Crippen molar-refractivity contribution in [3.8, 4) is 5.88 Å². The lowest BCUT2D eigenvalue weighted by atomic mass is 10.3. The molecule has 0 radical (unpaired) electrons. The molecule has 2 aliphatic rings. The minimum absolute atomic E-state index is 0.210. The van der Waals surface area contributed by atoms with E-state index in [9.17, 15) is 0 Å². The maximum atomic E-state index is 5.94. The zero-order valence-corrected chi connectivity index (χ0v) is 10.3. The largest absolute Gasteiger partial charge is 0.470 e. The van der Waals surface area contributed by atoms with Crippen LogP contribution in [-0.4, -0.2) is 55.5 Å². The van der Waals surface area contributed by atoms with Gasteiger partial charge < -0.3 is 19.7 Å². The Morgan fingerprint density at radius 2 is 2.11 bits per heavy atom. The lowest BCUT2D eigenvalue weighted by Crippen LogP contribution is -2.37. The molecule has 3 rings (SSSR count). The molecule has 2 saturated heterocycles. The van der Waals surface area contributed by atoms with Crippen LogP contribution in [0.4, 0.5) is 5.82 Å². The molecule has 3 heterocycles. The number of hydrogen-bond acceptors (Lipinski definition) is 6. The molecule has 0 aliphatic carbocycles. The van der Waals surface area contributed by atoms with Gasteiger partial charge in [0.25, 0.3) is 5.88 Å². The van der Waals surface area contributed by atoms with Crippen molar-refractivity contribution in [2.75, 3.05) is 44.3 Å². The Morgan fingerprint density at radius 1 is 1.28 bits per heavy atom. The molecule has 0 aromatic carbocycles. The standard InChI is InChI=1S/C12H18N4O2/c1-2-13-9-10(1)18-12-11(14-3-4-15-12)16-5-7-17-8-6-16/h3-4,10,13H,1-2,5-9H2. The molecule has 0 bridgehead atoms. The van der Waals surface area contributed by atoms with Crippen LogP contribution in [0.25, 0.3) is 0 Å². The Kier molecular flexibility index (Phi) is 3.56. The van der Waals surface area contributed by atoms with E-state index in [2.05, 4.69) is 20.2 Å². The van der Waals surface area contributed by atoms with Gasteiger partial charge >= 0.3 is 0 Å². The molecule has 1 unspecified atom stereocenters. The third-order valence-corrected chi connectivity index (χ3v) is 3.25. The first-order chi connectivity index (χ1) is 8.93. The van der Waals surface area contributed by atoms with Gasteiger partial charge in [-0.25, -0.2) is 9.97 Å². The van der Waals surface area contributed by atoms with Crippen molar-refractivity contribution >= 4 is 5.82 Å². The van der Waals surface area contributed by atoms with Crippen LogP contribution in [0.2, 0.25) is 0 Å². The highest BCUT2D eigenvalue weighted by atomic mass is 16.5. The van der Waals surface area contributed by atoms with Crippen molar-refractivity contribution in [2.24, 2.45) is 0 Å². The van der Waals surface area contributed by atoms with E-state index in [4.69, 9.17) is 9.47 Å². The predicted octanol–water partition coefficient (Wildman–Crippen LogP) is 0.0539. The van der Waals surface area contributed by atoms with Crippen LogP contribution in [-0.2, 0) is 4.74 Å². The van der Waals surface area contributed by atoms with Gasteiger partial charge in [-0.05, 0) is 13.0 Å². The summed E-state index contributed by atoms with van der Waals surface area (Å²) in [5, 5.41) is 3.28. The number of ether oxygens (including phenoxy) is 2. The van der Waals surface area contributed by atoms with Crippen LogP contribution in [0.3, 0.4) is 0 Å². The molecule has 98 valence electrons. The summed E-state index contributed by atoms with van der Waals surface area (Å²) in [6.07, 6.45) is 4.63. The van der Waals surface area contributed by atoms with Crippen molar-refractivity contribution in [3.05, 3.63) is 12.4 Å². The highest BCUT2D eigenvalue weighted by Gasteiger charge is 2.22. The van der Waals surface area contributed by atoms with E-state index in [0.717, 1.165) is 51.6 Å². The van der Waals surface area contributed by atoms with Gasteiger partial charge in [0.15, 0.2) is 5.82 Å². The first-order valence-corrected chi connectivity index (χ1v) is 6.44. The molecular weight excluding hydrogens is 232 g/mol. The normalized spacial score (nSPS) is 24.2. The highest BCUT2D eigenvalue weighted by Crippen LogP contribution is 2.25. The van der Waals surface area contributed by atoms with Crippen LogP contribution in [0.15, 0.2) is 12.4 Å². The average molecular weight is 250 g/mol. The number of aromatic nitrogens is 2. The van der Waals surface area contributed by atoms with E-state index in [-0.39, 0.29) is 6.10 Å². The van der Waals surface area contributed by atoms with Gasteiger partial charge in [-0.1, -0.05) is 0 Å². The van der Waals surface area contributed by atoms with Crippen LogP contribution in [0, 0.1) is 0 Å². The monoisotopic (exact) mass is 250 g/mol. The Balaban J connectivity index is 1.75. The van der Waals surface area contributed by atoms with Crippen LogP contribution < -0.4 is 15.0 Å². The summed E-state index contributed by atoms with van der Waals surface area (Å²) in [5.41, 5.74) is 0. The van der Waals surface area contributed by atoms with E-state index in [1.807, 2.05) is 0 Å². The average Bonchev–Trinajstić information content (AvgIpc) is 2.93. The van der Waals surface area contributed by atoms with Gasteiger partial charge in [0.1, 0.15) is 6.10 Å². The van der Waals surface area contributed by atoms with Crippen molar-refractivity contribution in [1.29, 1.82) is 0 Å². The summed E-state index contributed by atoms with van der Waals surface area (Å²) >= 11 is 0. The molecule has 1 atom stereocenters. The summed E-state index contributed by atoms with van der Waals surface area (Å²) in [7, 11) is 0. The van der Waals surface area contributed by atoms with Gasteiger partial charge in [-0.15, -0.1) is 0 Å². The smallest absolute Gasteiger partial charge is 0.257 e. The van der Waals surface area contributed by atoms with Crippen molar-refractivity contribution in [2.45, 2.75) is 12.5 Å². The zero-order chi connectivity index (χ0) is 12.2. The lowest BCUT2D eigenvalue weighted by molar-refractivity contribution is 0.121. The van der Waals surface area contributed by atoms with Crippen molar-refractivity contribution in [1.82, 2.24) is 15.3 Å². The number of nitrogens with one attached hydrogen (secondary N) is 1. The minimum Gasteiger partial charge on any atom is -0.470 e. The quantitative estimate of drug-likeness (QED) is 0.818. The van der Waals surface area contributed by atoms with Gasteiger partial charge in [0, 0.05) is 32.0 Å².